The highest BCUT2D eigenvalue weighted by Gasteiger charge is 2.18. The van der Waals surface area contributed by atoms with Gasteiger partial charge in [-0.1, -0.05) is 43.2 Å². The molecule has 2 heteroatoms. The van der Waals surface area contributed by atoms with Gasteiger partial charge in [0.05, 0.1) is 5.80 Å². The van der Waals surface area contributed by atoms with Crippen molar-refractivity contribution in [3.05, 3.63) is 35.9 Å². The second kappa shape index (κ2) is 6.33. The van der Waals surface area contributed by atoms with E-state index in [2.05, 4.69) is 37.0 Å². The average Bonchev–Trinajstić information content (AvgIpc) is 2.83. The smallest absolute Gasteiger partial charge is 0.114 e. The first-order valence-corrected chi connectivity index (χ1v) is 8.00. The molecule has 0 N–H and O–H groups in total. The van der Waals surface area contributed by atoms with Gasteiger partial charge in [0.1, 0.15) is 5.66 Å². The molecule has 1 aromatic rings. The molecule has 2 unspecified atom stereocenters. The Hall–Kier alpha value is -0.650. The van der Waals surface area contributed by atoms with E-state index in [0.717, 1.165) is 6.42 Å². The Labute approximate surface area is 105 Å². The predicted octanol–water partition coefficient (Wildman–Crippen LogP) is 3.37. The second-order valence-corrected chi connectivity index (χ2v) is 6.99. The standard InChI is InChI=1S/C15H21OP/c1-13(11-14-7-3-2-4-8-14)17(16)12-15-9-5-6-10-15/h2-4,7-8,12-13,15H,5-6,9-11H2,1H3. The van der Waals surface area contributed by atoms with Crippen molar-refractivity contribution in [2.24, 2.45) is 5.92 Å². The van der Waals surface area contributed by atoms with Crippen LogP contribution in [0.1, 0.15) is 38.2 Å². The summed E-state index contributed by atoms with van der Waals surface area (Å²) in [6.45, 7) is 2.11. The lowest BCUT2D eigenvalue weighted by molar-refractivity contribution is -0.154. The van der Waals surface area contributed by atoms with Gasteiger partial charge in [-0.3, -0.25) is 0 Å². The first kappa shape index (κ1) is 12.8. The van der Waals surface area contributed by atoms with Crippen molar-refractivity contribution < 1.29 is 4.89 Å². The van der Waals surface area contributed by atoms with E-state index >= 15 is 0 Å². The van der Waals surface area contributed by atoms with Gasteiger partial charge in [-0.15, -0.1) is 0 Å². The number of hydrogen-bond acceptors (Lipinski definition) is 1. The third-order valence-electron chi connectivity index (χ3n) is 3.57. The van der Waals surface area contributed by atoms with E-state index in [1.54, 1.807) is 0 Å². The molecule has 1 aliphatic rings. The zero-order valence-electron chi connectivity index (χ0n) is 10.5. The van der Waals surface area contributed by atoms with E-state index in [9.17, 15) is 4.89 Å². The van der Waals surface area contributed by atoms with Gasteiger partial charge in [-0.25, -0.2) is 0 Å². The molecule has 0 bridgehead atoms. The van der Waals surface area contributed by atoms with Crippen LogP contribution >= 0.6 is 7.77 Å². The highest BCUT2D eigenvalue weighted by atomic mass is 31.1. The molecule has 0 spiro atoms. The van der Waals surface area contributed by atoms with Gasteiger partial charge in [-0.2, -0.15) is 0 Å². The molecule has 1 saturated carbocycles. The molecule has 0 aliphatic heterocycles. The van der Waals surface area contributed by atoms with E-state index < -0.39 is 7.77 Å². The molecule has 1 aromatic carbocycles. The second-order valence-electron chi connectivity index (χ2n) is 5.09. The van der Waals surface area contributed by atoms with Crippen LogP contribution in [0.15, 0.2) is 30.3 Å². The number of hydrogen-bond donors (Lipinski definition) is 0. The zero-order valence-corrected chi connectivity index (χ0v) is 11.4. The summed E-state index contributed by atoms with van der Waals surface area (Å²) in [6, 6.07) is 10.4. The largest absolute Gasteiger partial charge is 0.630 e. The van der Waals surface area contributed by atoms with Crippen LogP contribution in [0.2, 0.25) is 0 Å². The molecule has 1 fully saturated rings. The molecule has 1 aliphatic carbocycles. The molecule has 0 amide bonds. The maximum absolute atomic E-state index is 12.2. The summed E-state index contributed by atoms with van der Waals surface area (Å²) in [5.74, 6) is 2.76. The van der Waals surface area contributed by atoms with Gasteiger partial charge in [-0.05, 0) is 25.3 Å². The minimum absolute atomic E-state index is 0.271. The topological polar surface area (TPSA) is 23.1 Å². The van der Waals surface area contributed by atoms with Crippen molar-refractivity contribution in [1.29, 1.82) is 0 Å². The number of rotatable bonds is 4. The highest BCUT2D eigenvalue weighted by molar-refractivity contribution is 7.50. The molecule has 1 nitrogen and oxygen atoms in total. The summed E-state index contributed by atoms with van der Waals surface area (Å²) in [5.41, 5.74) is 1.57. The van der Waals surface area contributed by atoms with Crippen molar-refractivity contribution in [2.45, 2.75) is 44.7 Å². The van der Waals surface area contributed by atoms with Crippen LogP contribution in [0.5, 0.6) is 0 Å². The number of benzene rings is 1. The quantitative estimate of drug-likeness (QED) is 0.749. The summed E-state index contributed by atoms with van der Waals surface area (Å²) in [7, 11) is -1.15. The molecule has 92 valence electrons. The molecule has 0 saturated heterocycles. The van der Waals surface area contributed by atoms with Crippen LogP contribution in [-0.2, 0) is 6.42 Å². The third-order valence-corrected chi connectivity index (χ3v) is 5.33. The lowest BCUT2D eigenvalue weighted by atomic mass is 10.1. The minimum Gasteiger partial charge on any atom is -0.630 e. The van der Waals surface area contributed by atoms with Crippen LogP contribution < -0.4 is 4.89 Å². The fourth-order valence-corrected chi connectivity index (χ4v) is 3.90. The maximum Gasteiger partial charge on any atom is 0.114 e. The van der Waals surface area contributed by atoms with Crippen molar-refractivity contribution in [2.75, 3.05) is 0 Å². The molecule has 2 rings (SSSR count). The molecule has 2 atom stereocenters. The Balaban J connectivity index is 1.92. The van der Waals surface area contributed by atoms with Crippen LogP contribution in [0.3, 0.4) is 0 Å². The highest BCUT2D eigenvalue weighted by Crippen LogP contribution is 2.30. The molecule has 0 aromatic heterocycles. The SMILES string of the molecule is CC(Cc1ccccc1)[P+]([O-])=CC1CCCC1. The molecular weight excluding hydrogens is 227 g/mol. The van der Waals surface area contributed by atoms with E-state index in [-0.39, 0.29) is 5.66 Å². The molecule has 17 heavy (non-hydrogen) atoms. The average molecular weight is 248 g/mol. The lowest BCUT2D eigenvalue weighted by Gasteiger charge is -2.10. The fourth-order valence-electron chi connectivity index (χ4n) is 2.51. The summed E-state index contributed by atoms with van der Waals surface area (Å²) < 4.78 is 0. The van der Waals surface area contributed by atoms with Crippen LogP contribution in [0.25, 0.3) is 0 Å². The van der Waals surface area contributed by atoms with Gasteiger partial charge in [0.2, 0.25) is 0 Å². The minimum atomic E-state index is -1.15. The molecule has 0 heterocycles. The third kappa shape index (κ3) is 3.94. The van der Waals surface area contributed by atoms with Crippen molar-refractivity contribution >= 4 is 13.6 Å². The summed E-state index contributed by atoms with van der Waals surface area (Å²) >= 11 is 0. The maximum atomic E-state index is 12.2. The Bertz CT molecular complexity index is 366. The van der Waals surface area contributed by atoms with E-state index in [1.165, 1.54) is 31.2 Å². The van der Waals surface area contributed by atoms with E-state index in [4.69, 9.17) is 0 Å². The van der Waals surface area contributed by atoms with Gasteiger partial charge in [0.15, 0.2) is 0 Å². The van der Waals surface area contributed by atoms with Gasteiger partial charge in [0, 0.05) is 20.1 Å². The van der Waals surface area contributed by atoms with Crippen molar-refractivity contribution in [1.82, 2.24) is 0 Å². The van der Waals surface area contributed by atoms with Gasteiger partial charge in [0.25, 0.3) is 0 Å². The Morgan fingerprint density at radius 1 is 1.29 bits per heavy atom. The normalized spacial score (nSPS) is 19.5. The monoisotopic (exact) mass is 248 g/mol. The summed E-state index contributed by atoms with van der Waals surface area (Å²) in [5, 5.41) is 0. The van der Waals surface area contributed by atoms with Crippen LogP contribution in [-0.4, -0.2) is 11.5 Å². The molecular formula is C15H21OP. The fraction of sp³-hybridized carbons (Fsp3) is 0.533. The summed E-state index contributed by atoms with van der Waals surface area (Å²) in [6.07, 6.45) is 6.06. The Morgan fingerprint density at radius 3 is 2.59 bits per heavy atom. The van der Waals surface area contributed by atoms with Gasteiger partial charge >= 0.3 is 0 Å². The van der Waals surface area contributed by atoms with Crippen LogP contribution in [0.4, 0.5) is 0 Å². The Kier molecular flexibility index (Phi) is 4.76. The first-order valence-electron chi connectivity index (χ1n) is 6.60. The van der Waals surface area contributed by atoms with E-state index in [0.29, 0.717) is 5.92 Å². The zero-order chi connectivity index (χ0) is 12.1. The summed E-state index contributed by atoms with van der Waals surface area (Å²) in [4.78, 5) is 12.2. The van der Waals surface area contributed by atoms with Gasteiger partial charge < -0.3 is 4.89 Å². The predicted molar refractivity (Wildman–Crippen MR) is 74.6 cm³/mol. The van der Waals surface area contributed by atoms with Crippen LogP contribution in [0, 0.1) is 5.92 Å². The van der Waals surface area contributed by atoms with Crippen molar-refractivity contribution in [3.8, 4) is 0 Å². The van der Waals surface area contributed by atoms with E-state index in [1.807, 2.05) is 6.07 Å². The van der Waals surface area contributed by atoms with Crippen molar-refractivity contribution in [3.63, 3.8) is 0 Å². The lowest BCUT2D eigenvalue weighted by Crippen LogP contribution is -2.11. The molecule has 0 radical (unpaired) electrons. The first-order chi connectivity index (χ1) is 8.25. The Morgan fingerprint density at radius 2 is 1.94 bits per heavy atom.